The van der Waals surface area contributed by atoms with Crippen LogP contribution in [0.25, 0.3) is 0 Å². The molecular weight excluding hydrogens is 216 g/mol. The van der Waals surface area contributed by atoms with E-state index < -0.39 is 0 Å². The Balaban J connectivity index is 2.88. The van der Waals surface area contributed by atoms with Gasteiger partial charge in [0, 0.05) is 22.9 Å². The lowest BCUT2D eigenvalue weighted by molar-refractivity contribution is 0.513. The van der Waals surface area contributed by atoms with Crippen LogP contribution in [0.15, 0.2) is 22.9 Å². The van der Waals surface area contributed by atoms with Crippen molar-refractivity contribution in [1.29, 1.82) is 0 Å². The molecule has 0 aromatic carbocycles. The van der Waals surface area contributed by atoms with Crippen LogP contribution in [0, 0.1) is 5.92 Å². The summed E-state index contributed by atoms with van der Waals surface area (Å²) in [5.41, 5.74) is 7.03. The molecule has 1 atom stereocenters. The van der Waals surface area contributed by atoms with Crippen molar-refractivity contribution in [2.45, 2.75) is 19.9 Å². The molecule has 3 heteroatoms. The van der Waals surface area contributed by atoms with Gasteiger partial charge in [-0.2, -0.15) is 0 Å². The normalized spacial score (nSPS) is 13.4. The highest BCUT2D eigenvalue weighted by atomic mass is 79.9. The van der Waals surface area contributed by atoms with Gasteiger partial charge in [-0.25, -0.2) is 0 Å². The second kappa shape index (κ2) is 4.01. The summed E-state index contributed by atoms with van der Waals surface area (Å²) in [6.07, 6.45) is 3.58. The summed E-state index contributed by atoms with van der Waals surface area (Å²) in [4.78, 5) is 4.06. The fraction of sp³-hybridized carbons (Fsp3) is 0.444. The van der Waals surface area contributed by atoms with E-state index in [1.807, 2.05) is 12.3 Å². The Morgan fingerprint density at radius 1 is 1.42 bits per heavy atom. The molecule has 0 saturated heterocycles. The SMILES string of the molecule is CC(C)[C@@H](N)c1cncc(Br)c1. The molecule has 0 saturated carbocycles. The molecule has 0 amide bonds. The van der Waals surface area contributed by atoms with Crippen molar-refractivity contribution in [3.63, 3.8) is 0 Å². The molecule has 12 heavy (non-hydrogen) atoms. The predicted octanol–water partition coefficient (Wildman–Crippen LogP) is 2.50. The van der Waals surface area contributed by atoms with Crippen molar-refractivity contribution in [2.24, 2.45) is 11.7 Å². The van der Waals surface area contributed by atoms with Crippen molar-refractivity contribution in [1.82, 2.24) is 4.98 Å². The highest BCUT2D eigenvalue weighted by Gasteiger charge is 2.10. The summed E-state index contributed by atoms with van der Waals surface area (Å²) in [6.45, 7) is 4.21. The molecule has 0 aliphatic carbocycles. The Hall–Kier alpha value is -0.410. The number of nitrogens with two attached hydrogens (primary N) is 1. The number of pyridine rings is 1. The van der Waals surface area contributed by atoms with Crippen LogP contribution in [-0.4, -0.2) is 4.98 Å². The zero-order valence-corrected chi connectivity index (χ0v) is 8.88. The molecule has 1 aromatic heterocycles. The minimum atomic E-state index is 0.0787. The van der Waals surface area contributed by atoms with Gasteiger partial charge in [-0.1, -0.05) is 13.8 Å². The average Bonchev–Trinajstić information content (AvgIpc) is 2.03. The molecule has 0 radical (unpaired) electrons. The minimum absolute atomic E-state index is 0.0787. The molecular formula is C9H13BrN2. The van der Waals surface area contributed by atoms with Crippen molar-refractivity contribution < 1.29 is 0 Å². The average molecular weight is 229 g/mol. The van der Waals surface area contributed by atoms with Crippen LogP contribution in [0.5, 0.6) is 0 Å². The van der Waals surface area contributed by atoms with Gasteiger partial charge in [0.15, 0.2) is 0 Å². The lowest BCUT2D eigenvalue weighted by Crippen LogP contribution is -2.16. The van der Waals surface area contributed by atoms with Gasteiger partial charge in [-0.3, -0.25) is 4.98 Å². The molecule has 0 spiro atoms. The van der Waals surface area contributed by atoms with Gasteiger partial charge < -0.3 is 5.73 Å². The Morgan fingerprint density at radius 3 is 2.58 bits per heavy atom. The second-order valence-corrected chi connectivity index (χ2v) is 4.12. The Bertz CT molecular complexity index is 260. The van der Waals surface area contributed by atoms with E-state index in [2.05, 4.69) is 34.8 Å². The first-order chi connectivity index (χ1) is 5.61. The molecule has 1 heterocycles. The summed E-state index contributed by atoms with van der Waals surface area (Å²) in [5, 5.41) is 0. The fourth-order valence-corrected chi connectivity index (χ4v) is 1.38. The van der Waals surface area contributed by atoms with Gasteiger partial charge in [-0.05, 0) is 33.5 Å². The molecule has 0 unspecified atom stereocenters. The lowest BCUT2D eigenvalue weighted by atomic mass is 9.99. The molecule has 0 bridgehead atoms. The van der Waals surface area contributed by atoms with E-state index in [1.165, 1.54) is 0 Å². The van der Waals surface area contributed by atoms with Crippen LogP contribution in [0.3, 0.4) is 0 Å². The van der Waals surface area contributed by atoms with Gasteiger partial charge in [0.05, 0.1) is 0 Å². The Labute approximate surface area is 81.3 Å². The third kappa shape index (κ3) is 2.29. The molecule has 66 valence electrons. The molecule has 1 rings (SSSR count). The second-order valence-electron chi connectivity index (χ2n) is 3.21. The van der Waals surface area contributed by atoms with Gasteiger partial charge in [0.25, 0.3) is 0 Å². The van der Waals surface area contributed by atoms with Crippen LogP contribution < -0.4 is 5.73 Å². The lowest BCUT2D eigenvalue weighted by Gasteiger charge is -2.15. The standard InChI is InChI=1S/C9H13BrN2/c1-6(2)9(11)7-3-8(10)5-12-4-7/h3-6,9H,11H2,1-2H3/t9-/m1/s1. The third-order valence-corrected chi connectivity index (χ3v) is 2.26. The quantitative estimate of drug-likeness (QED) is 0.846. The number of nitrogens with zero attached hydrogens (tertiary/aromatic N) is 1. The molecule has 1 aromatic rings. The van der Waals surface area contributed by atoms with E-state index in [0.717, 1.165) is 10.0 Å². The molecule has 0 fully saturated rings. The first-order valence-electron chi connectivity index (χ1n) is 3.97. The molecule has 0 aliphatic rings. The zero-order valence-electron chi connectivity index (χ0n) is 7.29. The van der Waals surface area contributed by atoms with Gasteiger partial charge in [-0.15, -0.1) is 0 Å². The van der Waals surface area contributed by atoms with E-state index in [9.17, 15) is 0 Å². The van der Waals surface area contributed by atoms with E-state index in [1.54, 1.807) is 6.20 Å². The fourth-order valence-electron chi connectivity index (χ4n) is 0.995. The number of aromatic nitrogens is 1. The smallest absolute Gasteiger partial charge is 0.0410 e. The summed E-state index contributed by atoms with van der Waals surface area (Å²) < 4.78 is 0.983. The number of rotatable bonds is 2. The zero-order chi connectivity index (χ0) is 9.14. The Morgan fingerprint density at radius 2 is 2.08 bits per heavy atom. The summed E-state index contributed by atoms with van der Waals surface area (Å²) >= 11 is 3.36. The topological polar surface area (TPSA) is 38.9 Å². The van der Waals surface area contributed by atoms with Crippen molar-refractivity contribution in [3.8, 4) is 0 Å². The van der Waals surface area contributed by atoms with Crippen LogP contribution in [0.1, 0.15) is 25.5 Å². The van der Waals surface area contributed by atoms with Crippen molar-refractivity contribution in [3.05, 3.63) is 28.5 Å². The highest BCUT2D eigenvalue weighted by molar-refractivity contribution is 9.10. The maximum Gasteiger partial charge on any atom is 0.0410 e. The summed E-state index contributed by atoms with van der Waals surface area (Å²) in [5.74, 6) is 0.445. The number of halogens is 1. The van der Waals surface area contributed by atoms with Gasteiger partial charge in [0.1, 0.15) is 0 Å². The van der Waals surface area contributed by atoms with Crippen LogP contribution in [0.4, 0.5) is 0 Å². The maximum atomic E-state index is 5.95. The number of hydrogen-bond donors (Lipinski definition) is 1. The summed E-state index contributed by atoms with van der Waals surface area (Å²) in [7, 11) is 0. The van der Waals surface area contributed by atoms with Crippen LogP contribution in [0.2, 0.25) is 0 Å². The molecule has 0 aliphatic heterocycles. The summed E-state index contributed by atoms with van der Waals surface area (Å²) in [6, 6.07) is 2.09. The van der Waals surface area contributed by atoms with E-state index in [4.69, 9.17) is 5.73 Å². The molecule has 2 nitrogen and oxygen atoms in total. The largest absolute Gasteiger partial charge is 0.324 e. The van der Waals surface area contributed by atoms with Gasteiger partial charge >= 0.3 is 0 Å². The van der Waals surface area contributed by atoms with E-state index >= 15 is 0 Å². The number of hydrogen-bond acceptors (Lipinski definition) is 2. The predicted molar refractivity (Wildman–Crippen MR) is 53.7 cm³/mol. The first kappa shape index (κ1) is 9.68. The van der Waals surface area contributed by atoms with E-state index in [-0.39, 0.29) is 6.04 Å². The third-order valence-electron chi connectivity index (χ3n) is 1.83. The monoisotopic (exact) mass is 228 g/mol. The maximum absolute atomic E-state index is 5.95. The van der Waals surface area contributed by atoms with Crippen LogP contribution in [-0.2, 0) is 0 Å². The van der Waals surface area contributed by atoms with Crippen LogP contribution >= 0.6 is 15.9 Å². The van der Waals surface area contributed by atoms with Crippen molar-refractivity contribution >= 4 is 15.9 Å². The van der Waals surface area contributed by atoms with E-state index in [0.29, 0.717) is 5.92 Å². The van der Waals surface area contributed by atoms with Gasteiger partial charge in [0.2, 0.25) is 0 Å². The first-order valence-corrected chi connectivity index (χ1v) is 4.76. The van der Waals surface area contributed by atoms with Crippen molar-refractivity contribution in [2.75, 3.05) is 0 Å². The Kier molecular flexibility index (Phi) is 3.23. The molecule has 2 N–H and O–H groups in total. The highest BCUT2D eigenvalue weighted by Crippen LogP contribution is 2.20. The minimum Gasteiger partial charge on any atom is -0.324 e.